The van der Waals surface area contributed by atoms with Crippen LogP contribution in [-0.4, -0.2) is 20.3 Å². The zero-order valence-electron chi connectivity index (χ0n) is 9.29. The van der Waals surface area contributed by atoms with Crippen molar-refractivity contribution in [3.8, 4) is 0 Å². The molecule has 0 bridgehead atoms. The molecular formula is C10H12N4O2S. The molecule has 6 nitrogen and oxygen atoms in total. The number of rotatable bonds is 3. The Balaban J connectivity index is 1.94. The highest BCUT2D eigenvalue weighted by atomic mass is 32.1. The van der Waals surface area contributed by atoms with Crippen LogP contribution in [0.15, 0.2) is 11.6 Å². The lowest BCUT2D eigenvalue weighted by molar-refractivity contribution is -0.389. The number of anilines is 1. The fourth-order valence-electron chi connectivity index (χ4n) is 2.26. The van der Waals surface area contributed by atoms with Crippen molar-refractivity contribution in [2.45, 2.75) is 25.8 Å². The summed E-state index contributed by atoms with van der Waals surface area (Å²) in [5, 5.41) is 16.0. The summed E-state index contributed by atoms with van der Waals surface area (Å²) in [4.78, 5) is 15.6. The summed E-state index contributed by atoms with van der Waals surface area (Å²) in [7, 11) is 0. The molecule has 3 rings (SSSR count). The number of aromatic nitrogens is 2. The van der Waals surface area contributed by atoms with Crippen molar-refractivity contribution in [3.05, 3.63) is 21.7 Å². The monoisotopic (exact) mass is 252 g/mol. The molecule has 1 aliphatic carbocycles. The largest absolute Gasteiger partial charge is 0.372 e. The Morgan fingerprint density at radius 2 is 2.41 bits per heavy atom. The first-order valence-electron chi connectivity index (χ1n) is 5.51. The van der Waals surface area contributed by atoms with Gasteiger partial charge < -0.3 is 15.4 Å². The van der Waals surface area contributed by atoms with Gasteiger partial charge in [-0.3, -0.25) is 0 Å². The molecular weight excluding hydrogens is 240 g/mol. The molecule has 7 heteroatoms. The number of thiazole rings is 1. The number of imidazole rings is 1. The molecule has 0 saturated heterocycles. The number of nitrogens with zero attached hydrogens (tertiary/aromatic N) is 3. The molecule has 2 heterocycles. The van der Waals surface area contributed by atoms with Crippen molar-refractivity contribution in [2.75, 3.05) is 5.32 Å². The van der Waals surface area contributed by atoms with Gasteiger partial charge in [-0.15, -0.1) is 0 Å². The van der Waals surface area contributed by atoms with Crippen LogP contribution in [0.2, 0.25) is 0 Å². The standard InChI is InChI=1S/C10H12N4O2S/c1-6-4-7(5-6)11-8-9(14(15)16)13-2-3-17-10(13)12-8/h2-3,6-7,11H,4-5H2,1H3. The Labute approximate surface area is 101 Å². The minimum Gasteiger partial charge on any atom is -0.360 e. The lowest BCUT2D eigenvalue weighted by Gasteiger charge is -2.32. The summed E-state index contributed by atoms with van der Waals surface area (Å²) >= 11 is 1.40. The average Bonchev–Trinajstić information content (AvgIpc) is 2.73. The SMILES string of the molecule is CC1CC(Nc2nc3sccn3c2[N+](=O)[O-])C1. The van der Waals surface area contributed by atoms with Crippen molar-refractivity contribution in [2.24, 2.45) is 5.92 Å². The van der Waals surface area contributed by atoms with Crippen LogP contribution >= 0.6 is 11.3 Å². The van der Waals surface area contributed by atoms with Gasteiger partial charge in [-0.1, -0.05) is 18.3 Å². The summed E-state index contributed by atoms with van der Waals surface area (Å²) in [5.41, 5.74) is 0. The first-order valence-corrected chi connectivity index (χ1v) is 6.39. The molecule has 1 N–H and O–H groups in total. The van der Waals surface area contributed by atoms with E-state index in [9.17, 15) is 10.1 Å². The van der Waals surface area contributed by atoms with E-state index in [0.717, 1.165) is 12.8 Å². The van der Waals surface area contributed by atoms with E-state index in [1.807, 2.05) is 0 Å². The Bertz CT molecular complexity index is 570. The minimum absolute atomic E-state index is 0.0424. The molecule has 1 aliphatic rings. The van der Waals surface area contributed by atoms with E-state index in [1.54, 1.807) is 11.6 Å². The van der Waals surface area contributed by atoms with Crippen molar-refractivity contribution in [1.29, 1.82) is 0 Å². The highest BCUT2D eigenvalue weighted by Crippen LogP contribution is 2.33. The van der Waals surface area contributed by atoms with Gasteiger partial charge in [-0.2, -0.15) is 9.38 Å². The number of nitro groups is 1. The van der Waals surface area contributed by atoms with Gasteiger partial charge in [0.25, 0.3) is 4.96 Å². The molecule has 2 aromatic rings. The highest BCUT2D eigenvalue weighted by Gasteiger charge is 2.30. The summed E-state index contributed by atoms with van der Waals surface area (Å²) in [6.07, 6.45) is 3.80. The molecule has 0 aliphatic heterocycles. The van der Waals surface area contributed by atoms with Crippen LogP contribution in [0.25, 0.3) is 4.96 Å². The third-order valence-electron chi connectivity index (χ3n) is 3.12. The van der Waals surface area contributed by atoms with Crippen LogP contribution in [-0.2, 0) is 0 Å². The number of nitrogens with one attached hydrogen (secondary N) is 1. The van der Waals surface area contributed by atoms with E-state index in [-0.39, 0.29) is 10.7 Å². The Morgan fingerprint density at radius 1 is 1.65 bits per heavy atom. The van der Waals surface area contributed by atoms with Crippen molar-refractivity contribution >= 4 is 27.9 Å². The molecule has 17 heavy (non-hydrogen) atoms. The first-order chi connectivity index (χ1) is 8.15. The van der Waals surface area contributed by atoms with Gasteiger partial charge in [0.05, 0.1) is 0 Å². The second kappa shape index (κ2) is 3.69. The van der Waals surface area contributed by atoms with Crippen LogP contribution in [0, 0.1) is 16.0 Å². The van der Waals surface area contributed by atoms with E-state index in [0.29, 0.717) is 22.7 Å². The second-order valence-corrected chi connectivity index (χ2v) is 5.39. The molecule has 1 saturated carbocycles. The van der Waals surface area contributed by atoms with Gasteiger partial charge in [0.2, 0.25) is 5.82 Å². The van der Waals surface area contributed by atoms with Crippen molar-refractivity contribution < 1.29 is 4.92 Å². The third-order valence-corrected chi connectivity index (χ3v) is 3.88. The van der Waals surface area contributed by atoms with Gasteiger partial charge in [-0.25, -0.2) is 0 Å². The topological polar surface area (TPSA) is 72.5 Å². The highest BCUT2D eigenvalue weighted by molar-refractivity contribution is 7.15. The molecule has 0 radical (unpaired) electrons. The predicted molar refractivity (Wildman–Crippen MR) is 65.5 cm³/mol. The van der Waals surface area contributed by atoms with Gasteiger partial charge in [-0.05, 0) is 23.7 Å². The third kappa shape index (κ3) is 1.66. The molecule has 0 atom stereocenters. The molecule has 1 fully saturated rings. The van der Waals surface area contributed by atoms with E-state index >= 15 is 0 Å². The van der Waals surface area contributed by atoms with Gasteiger partial charge in [0.1, 0.15) is 6.20 Å². The number of hydrogen-bond donors (Lipinski definition) is 1. The van der Waals surface area contributed by atoms with E-state index in [1.165, 1.54) is 15.7 Å². The molecule has 0 amide bonds. The summed E-state index contributed by atoms with van der Waals surface area (Å²) in [6.45, 7) is 2.18. The normalized spacial score (nSPS) is 23.6. The summed E-state index contributed by atoms with van der Waals surface area (Å²) < 4.78 is 1.52. The molecule has 0 unspecified atom stereocenters. The van der Waals surface area contributed by atoms with Crippen LogP contribution in [0.3, 0.4) is 0 Å². The maximum absolute atomic E-state index is 11.1. The van der Waals surface area contributed by atoms with Gasteiger partial charge in [0.15, 0.2) is 0 Å². The van der Waals surface area contributed by atoms with Crippen LogP contribution in [0.4, 0.5) is 11.6 Å². The molecule has 0 aromatic carbocycles. The van der Waals surface area contributed by atoms with Crippen molar-refractivity contribution in [1.82, 2.24) is 9.38 Å². The predicted octanol–water partition coefficient (Wildman–Crippen LogP) is 2.51. The van der Waals surface area contributed by atoms with Crippen LogP contribution in [0.1, 0.15) is 19.8 Å². The van der Waals surface area contributed by atoms with Crippen LogP contribution in [0.5, 0.6) is 0 Å². The van der Waals surface area contributed by atoms with E-state index < -0.39 is 0 Å². The van der Waals surface area contributed by atoms with Gasteiger partial charge >= 0.3 is 5.82 Å². The molecule has 0 spiro atoms. The summed E-state index contributed by atoms with van der Waals surface area (Å²) in [6, 6.07) is 0.327. The molecule has 90 valence electrons. The first kappa shape index (κ1) is 10.5. The zero-order valence-corrected chi connectivity index (χ0v) is 10.1. The Hall–Kier alpha value is -1.63. The zero-order chi connectivity index (χ0) is 12.0. The summed E-state index contributed by atoms with van der Waals surface area (Å²) in [5.74, 6) is 1.15. The van der Waals surface area contributed by atoms with E-state index in [2.05, 4.69) is 17.2 Å². The van der Waals surface area contributed by atoms with Gasteiger partial charge in [0, 0.05) is 11.4 Å². The fraction of sp³-hybridized carbons (Fsp3) is 0.500. The fourth-order valence-corrected chi connectivity index (χ4v) is 2.97. The maximum atomic E-state index is 11.1. The number of hydrogen-bond acceptors (Lipinski definition) is 5. The smallest absolute Gasteiger partial charge is 0.360 e. The lowest BCUT2D eigenvalue weighted by Crippen LogP contribution is -2.34. The second-order valence-electron chi connectivity index (χ2n) is 4.51. The minimum atomic E-state index is -0.378. The maximum Gasteiger partial charge on any atom is 0.372 e. The van der Waals surface area contributed by atoms with Crippen molar-refractivity contribution in [3.63, 3.8) is 0 Å². The average molecular weight is 252 g/mol. The Kier molecular flexibility index (Phi) is 2.29. The lowest BCUT2D eigenvalue weighted by atomic mass is 9.82. The van der Waals surface area contributed by atoms with Crippen LogP contribution < -0.4 is 5.32 Å². The molecule has 2 aromatic heterocycles. The quantitative estimate of drug-likeness (QED) is 0.673. The Morgan fingerprint density at radius 3 is 3.06 bits per heavy atom. The number of fused-ring (bicyclic) bond motifs is 1. The van der Waals surface area contributed by atoms with E-state index in [4.69, 9.17) is 0 Å².